The quantitative estimate of drug-likeness (QED) is 0.772. The first kappa shape index (κ1) is 14.1. The lowest BCUT2D eigenvalue weighted by Crippen LogP contribution is -2.51. The molecule has 2 aliphatic heterocycles. The summed E-state index contributed by atoms with van der Waals surface area (Å²) < 4.78 is 0. The van der Waals surface area contributed by atoms with Crippen LogP contribution in [0.3, 0.4) is 0 Å². The second kappa shape index (κ2) is 4.55. The molecule has 20 heavy (non-hydrogen) atoms. The molecule has 1 saturated carbocycles. The first-order valence-electron chi connectivity index (χ1n) is 7.87. The second-order valence-electron chi connectivity index (χ2n) is 7.51. The largest absolute Gasteiger partial charge is 0.336 e. The zero-order valence-corrected chi connectivity index (χ0v) is 12.9. The van der Waals surface area contributed by atoms with Crippen LogP contribution in [0.25, 0.3) is 0 Å². The Hall–Kier alpha value is -0.900. The lowest BCUT2D eigenvalue weighted by molar-refractivity contribution is -0.143. The first-order chi connectivity index (χ1) is 9.36. The molecule has 2 heterocycles. The van der Waals surface area contributed by atoms with E-state index in [1.807, 2.05) is 0 Å². The molecule has 3 rings (SSSR count). The topological polar surface area (TPSA) is 40.6 Å². The van der Waals surface area contributed by atoms with Crippen LogP contribution in [0.5, 0.6) is 0 Å². The van der Waals surface area contributed by atoms with Gasteiger partial charge in [0, 0.05) is 23.4 Å². The van der Waals surface area contributed by atoms with Crippen molar-refractivity contribution in [1.82, 2.24) is 9.80 Å². The fourth-order valence-corrected chi connectivity index (χ4v) is 4.50. The van der Waals surface area contributed by atoms with Crippen molar-refractivity contribution in [1.29, 1.82) is 0 Å². The number of fused-ring (bicyclic) bond motifs is 2. The van der Waals surface area contributed by atoms with E-state index in [9.17, 15) is 9.59 Å². The van der Waals surface area contributed by atoms with Crippen LogP contribution in [0.15, 0.2) is 0 Å². The number of nitrogens with zero attached hydrogens (tertiary/aromatic N) is 2. The normalized spacial score (nSPS) is 38.5. The smallest absolute Gasteiger partial charge is 0.226 e. The molecule has 0 aromatic heterocycles. The summed E-state index contributed by atoms with van der Waals surface area (Å²) in [5, 5.41) is 0. The number of likely N-dealkylation sites (tertiary alicyclic amines) is 2. The summed E-state index contributed by atoms with van der Waals surface area (Å²) in [6, 6.07) is 0. The molecule has 4 heteroatoms. The van der Waals surface area contributed by atoms with Gasteiger partial charge in [-0.05, 0) is 66.1 Å². The van der Waals surface area contributed by atoms with Gasteiger partial charge in [0.1, 0.15) is 5.78 Å². The van der Waals surface area contributed by atoms with Gasteiger partial charge in [-0.2, -0.15) is 0 Å². The highest BCUT2D eigenvalue weighted by Gasteiger charge is 2.60. The summed E-state index contributed by atoms with van der Waals surface area (Å²) in [5.74, 6) is 0.759. The Morgan fingerprint density at radius 3 is 2.35 bits per heavy atom. The van der Waals surface area contributed by atoms with Crippen LogP contribution in [-0.2, 0) is 9.59 Å². The maximum Gasteiger partial charge on any atom is 0.226 e. The van der Waals surface area contributed by atoms with Crippen molar-refractivity contribution in [3.8, 4) is 0 Å². The van der Waals surface area contributed by atoms with E-state index in [1.54, 1.807) is 6.92 Å². The zero-order valence-electron chi connectivity index (χ0n) is 12.9. The van der Waals surface area contributed by atoms with Crippen molar-refractivity contribution in [3.05, 3.63) is 0 Å². The Balaban J connectivity index is 1.75. The van der Waals surface area contributed by atoms with Crippen molar-refractivity contribution in [2.24, 2.45) is 11.3 Å². The predicted octanol–water partition coefficient (Wildman–Crippen LogP) is 1.69. The van der Waals surface area contributed by atoms with Gasteiger partial charge in [0.15, 0.2) is 0 Å². The Morgan fingerprint density at radius 1 is 1.15 bits per heavy atom. The number of Topliss-reactive ketones (excluding diaryl/α,β-unsaturated/α-hetero) is 1. The Kier molecular flexibility index (Phi) is 3.20. The third kappa shape index (κ3) is 2.00. The van der Waals surface area contributed by atoms with Crippen LogP contribution in [0.4, 0.5) is 0 Å². The summed E-state index contributed by atoms with van der Waals surface area (Å²) in [4.78, 5) is 29.2. The van der Waals surface area contributed by atoms with Crippen LogP contribution in [0, 0.1) is 11.3 Å². The molecule has 3 aliphatic rings. The Bertz CT molecular complexity index is 442. The molecular formula is C16H26N2O2. The number of hydrogen-bond acceptors (Lipinski definition) is 3. The van der Waals surface area contributed by atoms with E-state index in [0.29, 0.717) is 12.5 Å². The molecule has 0 radical (unpaired) electrons. The fourth-order valence-electron chi connectivity index (χ4n) is 4.50. The number of carbonyl (C=O) groups excluding carboxylic acids is 2. The van der Waals surface area contributed by atoms with Gasteiger partial charge in [0.05, 0.1) is 0 Å². The van der Waals surface area contributed by atoms with E-state index in [-0.39, 0.29) is 22.7 Å². The van der Waals surface area contributed by atoms with Crippen molar-refractivity contribution < 1.29 is 9.59 Å². The monoisotopic (exact) mass is 278 g/mol. The minimum atomic E-state index is -0.226. The summed E-state index contributed by atoms with van der Waals surface area (Å²) >= 11 is 0. The lowest BCUT2D eigenvalue weighted by atomic mass is 9.83. The van der Waals surface area contributed by atoms with Gasteiger partial charge in [0.25, 0.3) is 0 Å². The summed E-state index contributed by atoms with van der Waals surface area (Å²) in [6.45, 7) is 6.58. The van der Waals surface area contributed by atoms with E-state index in [1.165, 1.54) is 0 Å². The van der Waals surface area contributed by atoms with E-state index >= 15 is 0 Å². The van der Waals surface area contributed by atoms with Crippen molar-refractivity contribution in [3.63, 3.8) is 0 Å². The molecule has 4 nitrogen and oxygen atoms in total. The molecule has 0 N–H and O–H groups in total. The highest BCUT2D eigenvalue weighted by molar-refractivity contribution is 5.87. The molecule has 0 aromatic carbocycles. The van der Waals surface area contributed by atoms with Crippen molar-refractivity contribution in [2.45, 2.75) is 51.5 Å². The van der Waals surface area contributed by atoms with E-state index in [4.69, 9.17) is 0 Å². The highest BCUT2D eigenvalue weighted by Crippen LogP contribution is 2.55. The van der Waals surface area contributed by atoms with Gasteiger partial charge in [-0.25, -0.2) is 0 Å². The third-order valence-corrected chi connectivity index (χ3v) is 6.05. The molecule has 1 amide bonds. The second-order valence-corrected chi connectivity index (χ2v) is 7.51. The van der Waals surface area contributed by atoms with E-state index in [2.05, 4.69) is 23.8 Å². The standard InChI is InChI=1S/C16H26N2O2/c1-12(19)16-7-6-15(2,10-16)18(11-16)14(20)13-4-8-17(3)9-5-13/h13H,4-11H2,1-3H3. The van der Waals surface area contributed by atoms with Gasteiger partial charge in [-0.3, -0.25) is 9.59 Å². The number of amides is 1. The molecule has 0 spiro atoms. The molecule has 2 atom stereocenters. The average molecular weight is 278 g/mol. The number of hydrogen-bond donors (Lipinski definition) is 0. The van der Waals surface area contributed by atoms with Gasteiger partial charge in [0.2, 0.25) is 5.91 Å². The van der Waals surface area contributed by atoms with Gasteiger partial charge >= 0.3 is 0 Å². The number of piperidine rings is 2. The number of rotatable bonds is 2. The molecule has 1 aliphatic carbocycles. The predicted molar refractivity (Wildman–Crippen MR) is 77.3 cm³/mol. The number of ketones is 1. The van der Waals surface area contributed by atoms with Crippen molar-refractivity contribution in [2.75, 3.05) is 26.7 Å². The van der Waals surface area contributed by atoms with Crippen LogP contribution >= 0.6 is 0 Å². The maximum absolute atomic E-state index is 12.9. The highest BCUT2D eigenvalue weighted by atomic mass is 16.2. The zero-order chi connectivity index (χ0) is 14.5. The van der Waals surface area contributed by atoms with Gasteiger partial charge in [-0.1, -0.05) is 0 Å². The summed E-state index contributed by atoms with van der Waals surface area (Å²) in [5.41, 5.74) is -0.290. The first-order valence-corrected chi connectivity index (χ1v) is 7.87. The molecule has 2 unspecified atom stereocenters. The van der Waals surface area contributed by atoms with Crippen LogP contribution < -0.4 is 0 Å². The van der Waals surface area contributed by atoms with Gasteiger partial charge < -0.3 is 9.80 Å². The lowest BCUT2D eigenvalue weighted by Gasteiger charge is -2.40. The molecule has 2 saturated heterocycles. The SMILES string of the molecule is CC(=O)C12CCC(C)(C1)N(C(=O)C1CCN(C)CC1)C2. The minimum Gasteiger partial charge on any atom is -0.336 e. The number of carbonyl (C=O) groups is 2. The molecular weight excluding hydrogens is 252 g/mol. The van der Waals surface area contributed by atoms with Crippen LogP contribution in [0.1, 0.15) is 46.0 Å². The summed E-state index contributed by atoms with van der Waals surface area (Å²) in [7, 11) is 2.12. The molecule has 2 bridgehead atoms. The van der Waals surface area contributed by atoms with Crippen LogP contribution in [0.2, 0.25) is 0 Å². The Morgan fingerprint density at radius 2 is 1.80 bits per heavy atom. The minimum absolute atomic E-state index is 0.0634. The molecule has 112 valence electrons. The molecule has 3 fully saturated rings. The van der Waals surface area contributed by atoms with Crippen molar-refractivity contribution >= 4 is 11.7 Å². The average Bonchev–Trinajstić information content (AvgIpc) is 2.91. The Labute approximate surface area is 121 Å². The van der Waals surface area contributed by atoms with E-state index in [0.717, 1.165) is 45.2 Å². The maximum atomic E-state index is 12.9. The summed E-state index contributed by atoms with van der Waals surface area (Å²) in [6.07, 6.45) is 4.78. The fraction of sp³-hybridized carbons (Fsp3) is 0.875. The van der Waals surface area contributed by atoms with Crippen LogP contribution in [-0.4, -0.2) is 53.7 Å². The third-order valence-electron chi connectivity index (χ3n) is 6.05. The van der Waals surface area contributed by atoms with E-state index < -0.39 is 0 Å². The molecule has 0 aromatic rings. The van der Waals surface area contributed by atoms with Gasteiger partial charge in [-0.15, -0.1) is 0 Å².